The van der Waals surface area contributed by atoms with E-state index < -0.39 is 17.8 Å². The van der Waals surface area contributed by atoms with Crippen molar-refractivity contribution in [3.05, 3.63) is 39.8 Å². The number of thiophene rings is 1. The molecule has 2 aromatic heterocycles. The number of hydrogen-bond donors (Lipinski definition) is 1. The number of piperidine rings is 1. The Kier molecular flexibility index (Phi) is 4.64. The van der Waals surface area contributed by atoms with Crippen LogP contribution >= 0.6 is 11.3 Å². The summed E-state index contributed by atoms with van der Waals surface area (Å²) in [6.45, 7) is 1.94. The molecule has 1 saturated heterocycles. The van der Waals surface area contributed by atoms with Gasteiger partial charge in [0.1, 0.15) is 4.88 Å². The van der Waals surface area contributed by atoms with Crippen LogP contribution in [0.4, 0.5) is 13.2 Å². The molecule has 2 aromatic rings. The molecular formula is C15H16F3N3O2S. The van der Waals surface area contributed by atoms with Crippen molar-refractivity contribution >= 4 is 17.3 Å². The normalized spacial score (nSPS) is 17.3. The maximum Gasteiger partial charge on any atom is 0.435 e. The lowest BCUT2D eigenvalue weighted by atomic mass is 10.0. The number of rotatable bonds is 4. The highest BCUT2D eigenvalue weighted by Gasteiger charge is 2.34. The van der Waals surface area contributed by atoms with E-state index in [4.69, 9.17) is 5.11 Å². The largest absolute Gasteiger partial charge is 0.477 e. The Morgan fingerprint density at radius 3 is 2.62 bits per heavy atom. The third-order valence-corrected chi connectivity index (χ3v) is 5.11. The van der Waals surface area contributed by atoms with Crippen LogP contribution in [0.2, 0.25) is 0 Å². The van der Waals surface area contributed by atoms with Gasteiger partial charge in [0, 0.05) is 25.8 Å². The van der Waals surface area contributed by atoms with Crippen LogP contribution in [0.15, 0.2) is 23.7 Å². The molecule has 3 heterocycles. The Morgan fingerprint density at radius 1 is 1.33 bits per heavy atom. The van der Waals surface area contributed by atoms with Crippen molar-refractivity contribution in [1.82, 2.24) is 14.7 Å². The molecule has 0 saturated carbocycles. The van der Waals surface area contributed by atoms with Crippen molar-refractivity contribution in [3.63, 3.8) is 0 Å². The molecule has 0 aromatic carbocycles. The number of alkyl halides is 3. The third-order valence-electron chi connectivity index (χ3n) is 4.16. The fraction of sp³-hybridized carbons (Fsp3) is 0.467. The van der Waals surface area contributed by atoms with E-state index in [1.807, 2.05) is 6.07 Å². The maximum absolute atomic E-state index is 12.6. The average Bonchev–Trinajstić information content (AvgIpc) is 3.16. The van der Waals surface area contributed by atoms with Crippen LogP contribution in [0, 0.1) is 0 Å². The highest BCUT2D eigenvalue weighted by atomic mass is 32.1. The van der Waals surface area contributed by atoms with Gasteiger partial charge in [-0.3, -0.25) is 9.58 Å². The van der Waals surface area contributed by atoms with Crippen LogP contribution in [-0.2, 0) is 12.7 Å². The summed E-state index contributed by atoms with van der Waals surface area (Å²) in [5.41, 5.74) is -0.0845. The topological polar surface area (TPSA) is 58.4 Å². The van der Waals surface area contributed by atoms with E-state index >= 15 is 0 Å². The number of likely N-dealkylation sites (tertiary alicyclic amines) is 1. The maximum atomic E-state index is 12.6. The predicted octanol–water partition coefficient (Wildman–Crippen LogP) is 3.50. The second-order valence-corrected chi connectivity index (χ2v) is 6.68. The van der Waals surface area contributed by atoms with Gasteiger partial charge in [-0.15, -0.1) is 11.3 Å². The van der Waals surface area contributed by atoms with Gasteiger partial charge in [0.2, 0.25) is 0 Å². The summed E-state index contributed by atoms with van der Waals surface area (Å²) in [5.74, 6) is -0.925. The standard InChI is InChI=1S/C15H16F3N3O2S/c16-15(17,18)12-3-7-21(19-12)11-1-5-20(6-2-11)9-10-4-8-24-13(10)14(22)23/h3-4,7-8,11H,1-2,5-6,9H2,(H,22,23). The van der Waals surface area contributed by atoms with Crippen molar-refractivity contribution in [2.75, 3.05) is 13.1 Å². The van der Waals surface area contributed by atoms with Gasteiger partial charge < -0.3 is 5.11 Å². The monoisotopic (exact) mass is 359 g/mol. The minimum Gasteiger partial charge on any atom is -0.477 e. The molecule has 1 aliphatic rings. The van der Waals surface area contributed by atoms with Gasteiger partial charge in [0.25, 0.3) is 0 Å². The summed E-state index contributed by atoms with van der Waals surface area (Å²) in [6, 6.07) is 2.75. The quantitative estimate of drug-likeness (QED) is 0.908. The number of hydrogen-bond acceptors (Lipinski definition) is 4. The molecule has 0 spiro atoms. The van der Waals surface area contributed by atoms with Crippen LogP contribution in [0.5, 0.6) is 0 Å². The van der Waals surface area contributed by atoms with Crippen molar-refractivity contribution in [2.24, 2.45) is 0 Å². The number of carboxylic acids is 1. The zero-order chi connectivity index (χ0) is 17.3. The van der Waals surface area contributed by atoms with E-state index in [2.05, 4.69) is 10.00 Å². The van der Waals surface area contributed by atoms with Gasteiger partial charge in [-0.25, -0.2) is 4.79 Å². The molecule has 0 unspecified atom stereocenters. The highest BCUT2D eigenvalue weighted by Crippen LogP contribution is 2.30. The minimum atomic E-state index is -4.42. The lowest BCUT2D eigenvalue weighted by molar-refractivity contribution is -0.141. The van der Waals surface area contributed by atoms with Crippen LogP contribution in [-0.4, -0.2) is 38.8 Å². The molecule has 0 bridgehead atoms. The van der Waals surface area contributed by atoms with Gasteiger partial charge in [0.05, 0.1) is 6.04 Å². The van der Waals surface area contributed by atoms with Gasteiger partial charge in [-0.1, -0.05) is 0 Å². The molecular weight excluding hydrogens is 343 g/mol. The molecule has 3 rings (SSSR count). The Morgan fingerprint density at radius 2 is 2.04 bits per heavy atom. The first kappa shape index (κ1) is 17.0. The minimum absolute atomic E-state index is 0.0567. The summed E-state index contributed by atoms with van der Waals surface area (Å²) in [4.78, 5) is 13.6. The van der Waals surface area contributed by atoms with E-state index in [-0.39, 0.29) is 6.04 Å². The van der Waals surface area contributed by atoms with Crippen molar-refractivity contribution in [2.45, 2.75) is 31.6 Å². The third kappa shape index (κ3) is 3.62. The molecule has 1 fully saturated rings. The first-order valence-electron chi connectivity index (χ1n) is 7.49. The van der Waals surface area contributed by atoms with Gasteiger partial charge >= 0.3 is 12.1 Å². The first-order valence-corrected chi connectivity index (χ1v) is 8.37. The molecule has 24 heavy (non-hydrogen) atoms. The summed E-state index contributed by atoms with van der Waals surface area (Å²) in [6.07, 6.45) is -1.67. The summed E-state index contributed by atoms with van der Waals surface area (Å²) in [5, 5.41) is 14.5. The lowest BCUT2D eigenvalue weighted by Gasteiger charge is -2.32. The SMILES string of the molecule is O=C(O)c1sccc1CN1CCC(n2ccc(C(F)(F)F)n2)CC1. The Hall–Kier alpha value is -1.87. The Labute approximate surface area is 140 Å². The van der Waals surface area contributed by atoms with E-state index in [9.17, 15) is 18.0 Å². The summed E-state index contributed by atoms with van der Waals surface area (Å²) in [7, 11) is 0. The molecule has 1 N–H and O–H groups in total. The van der Waals surface area contributed by atoms with Crippen LogP contribution in [0.3, 0.4) is 0 Å². The molecule has 1 aliphatic heterocycles. The predicted molar refractivity (Wildman–Crippen MR) is 82.1 cm³/mol. The number of nitrogens with zero attached hydrogens (tertiary/aromatic N) is 3. The van der Waals surface area contributed by atoms with E-state index in [0.717, 1.165) is 11.6 Å². The number of halogens is 3. The summed E-state index contributed by atoms with van der Waals surface area (Å²) >= 11 is 1.20. The van der Waals surface area contributed by atoms with Crippen molar-refractivity contribution in [1.29, 1.82) is 0 Å². The first-order chi connectivity index (χ1) is 11.3. The number of carbonyl (C=O) groups is 1. The van der Waals surface area contributed by atoms with E-state index in [1.54, 1.807) is 5.38 Å². The highest BCUT2D eigenvalue weighted by molar-refractivity contribution is 7.12. The van der Waals surface area contributed by atoms with E-state index in [1.165, 1.54) is 22.2 Å². The molecule has 0 amide bonds. The molecule has 0 aliphatic carbocycles. The molecule has 0 radical (unpaired) electrons. The Bertz CT molecular complexity index is 718. The van der Waals surface area contributed by atoms with Gasteiger partial charge in [-0.2, -0.15) is 18.3 Å². The average molecular weight is 359 g/mol. The molecule has 9 heteroatoms. The number of aromatic carboxylic acids is 1. The fourth-order valence-electron chi connectivity index (χ4n) is 2.92. The Balaban J connectivity index is 1.59. The molecule has 5 nitrogen and oxygen atoms in total. The summed E-state index contributed by atoms with van der Waals surface area (Å²) < 4.78 is 39.2. The lowest BCUT2D eigenvalue weighted by Crippen LogP contribution is -2.34. The van der Waals surface area contributed by atoms with E-state index in [0.29, 0.717) is 37.4 Å². The second kappa shape index (κ2) is 6.56. The number of carboxylic acid groups (broad SMARTS) is 1. The molecule has 0 atom stereocenters. The zero-order valence-electron chi connectivity index (χ0n) is 12.7. The smallest absolute Gasteiger partial charge is 0.435 e. The second-order valence-electron chi connectivity index (χ2n) is 5.77. The van der Waals surface area contributed by atoms with Crippen LogP contribution in [0.1, 0.15) is 39.8 Å². The zero-order valence-corrected chi connectivity index (χ0v) is 13.5. The van der Waals surface area contributed by atoms with Crippen molar-refractivity contribution < 1.29 is 23.1 Å². The van der Waals surface area contributed by atoms with Crippen LogP contribution in [0.25, 0.3) is 0 Å². The van der Waals surface area contributed by atoms with Gasteiger partial charge in [-0.05, 0) is 35.9 Å². The molecule has 130 valence electrons. The van der Waals surface area contributed by atoms with Crippen LogP contribution < -0.4 is 0 Å². The fourth-order valence-corrected chi connectivity index (χ4v) is 3.68. The van der Waals surface area contributed by atoms with Crippen molar-refractivity contribution in [3.8, 4) is 0 Å². The van der Waals surface area contributed by atoms with Gasteiger partial charge in [0.15, 0.2) is 5.69 Å². The number of aromatic nitrogens is 2.